The Morgan fingerprint density at radius 2 is 1.56 bits per heavy atom. The summed E-state index contributed by atoms with van der Waals surface area (Å²) in [6.45, 7) is 4.27. The van der Waals surface area contributed by atoms with E-state index in [1.807, 2.05) is 6.07 Å². The van der Waals surface area contributed by atoms with Crippen molar-refractivity contribution >= 4 is 39.3 Å². The molecule has 1 aliphatic carbocycles. The van der Waals surface area contributed by atoms with Crippen molar-refractivity contribution in [2.24, 2.45) is 0 Å². The fraction of sp³-hybridized carbons (Fsp3) is 0.125. The molecular formula is C24H27Cl2Zr-3. The number of hydrogen-bond acceptors (Lipinski definition) is 0. The van der Waals surface area contributed by atoms with Crippen LogP contribution in [0.1, 0.15) is 25.8 Å². The predicted molar refractivity (Wildman–Crippen MR) is 123 cm³/mol. The molecule has 0 radical (unpaired) electrons. The van der Waals surface area contributed by atoms with E-state index in [-0.39, 0.29) is 32.2 Å². The summed E-state index contributed by atoms with van der Waals surface area (Å²) in [5.74, 6) is 0. The molecule has 0 spiro atoms. The average Bonchev–Trinajstić information content (AvgIpc) is 3.26. The van der Waals surface area contributed by atoms with Crippen molar-refractivity contribution in [3.05, 3.63) is 109 Å². The van der Waals surface area contributed by atoms with Gasteiger partial charge in [-0.2, -0.15) is 23.1 Å². The smallest absolute Gasteiger partial charge is 0.0809 e. The molecule has 0 bridgehead atoms. The Hall–Kier alpha value is -1.14. The molecule has 1 aliphatic rings. The molecular weight excluding hydrogens is 450 g/mol. The second-order valence-corrected chi connectivity index (χ2v) is 6.41. The van der Waals surface area contributed by atoms with Gasteiger partial charge in [0.15, 0.2) is 0 Å². The molecule has 0 atom stereocenters. The molecule has 0 N–H and O–H groups in total. The minimum atomic E-state index is 0. The maximum Gasteiger partial charge on any atom is -0.0809 e. The molecule has 3 aromatic carbocycles. The van der Waals surface area contributed by atoms with Crippen LogP contribution in [0.2, 0.25) is 0 Å². The molecule has 0 unspecified atom stereocenters. The van der Waals surface area contributed by atoms with E-state index < -0.39 is 0 Å². The number of allylic oxidation sites excluding steroid dienone is 4. The van der Waals surface area contributed by atoms with Crippen LogP contribution in [0, 0.1) is 13.5 Å². The van der Waals surface area contributed by atoms with Gasteiger partial charge < -0.3 is 7.43 Å². The summed E-state index contributed by atoms with van der Waals surface area (Å²) in [6.07, 6.45) is 6.22. The van der Waals surface area contributed by atoms with Crippen LogP contribution in [0.15, 0.2) is 90.0 Å². The van der Waals surface area contributed by atoms with E-state index in [2.05, 4.69) is 96.4 Å². The molecule has 0 saturated carbocycles. The van der Waals surface area contributed by atoms with Gasteiger partial charge in [0.05, 0.1) is 0 Å². The molecule has 0 aromatic heterocycles. The molecule has 144 valence electrons. The molecule has 0 fully saturated rings. The van der Waals surface area contributed by atoms with Crippen molar-refractivity contribution in [3.8, 4) is 0 Å². The SMILES string of the molecule is CC1=C(C)C[C-]=C1.Cl.Cl.[CH3-].[Zr]=[CH]c1ccccc1.c1ccc2[cH-]ccc2c1. The summed E-state index contributed by atoms with van der Waals surface area (Å²) in [5, 5.41) is 2.66. The van der Waals surface area contributed by atoms with Crippen molar-refractivity contribution < 1.29 is 24.2 Å². The summed E-state index contributed by atoms with van der Waals surface area (Å²) in [4.78, 5) is 0. The van der Waals surface area contributed by atoms with Gasteiger partial charge in [0.25, 0.3) is 0 Å². The second kappa shape index (κ2) is 15.9. The van der Waals surface area contributed by atoms with Crippen LogP contribution in [0.3, 0.4) is 0 Å². The Labute approximate surface area is 191 Å². The summed E-state index contributed by atoms with van der Waals surface area (Å²) in [7, 11) is 0. The Bertz CT molecular complexity index is 799. The molecule has 4 rings (SSSR count). The Balaban J connectivity index is 0. The van der Waals surface area contributed by atoms with Crippen molar-refractivity contribution in [1.29, 1.82) is 0 Å². The fourth-order valence-corrected chi connectivity index (χ4v) is 2.71. The molecule has 0 nitrogen and oxygen atoms in total. The minimum absolute atomic E-state index is 0. The summed E-state index contributed by atoms with van der Waals surface area (Å²) >= 11 is 1.46. The van der Waals surface area contributed by atoms with E-state index in [0.29, 0.717) is 0 Å². The van der Waals surface area contributed by atoms with E-state index in [4.69, 9.17) is 0 Å². The molecule has 0 amide bonds. The summed E-state index contributed by atoms with van der Waals surface area (Å²) in [5.41, 5.74) is 4.17. The van der Waals surface area contributed by atoms with Crippen LogP contribution in [0.5, 0.6) is 0 Å². The third-order valence-corrected chi connectivity index (χ3v) is 4.69. The van der Waals surface area contributed by atoms with E-state index in [1.54, 1.807) is 0 Å². The standard InChI is InChI=1S/C9H7.C7H9.C7H6.CH3.2ClH.Zr/c1-2-5-9-7-3-6-8(9)4-1;1-6-4-3-5-7(6)2;1-7-5-3-2-4-6-7;;;;/h1-7H;4H,5H2,1-2H3;1-6H;1H3;2*1H;/q2*-1;;-1;;;. The normalized spacial score (nSPS) is 10.9. The Morgan fingerprint density at radius 3 is 2.00 bits per heavy atom. The van der Waals surface area contributed by atoms with Crippen LogP contribution in [-0.2, 0) is 24.2 Å². The first kappa shape index (κ1) is 28.1. The van der Waals surface area contributed by atoms with Crippen LogP contribution in [-0.4, -0.2) is 3.71 Å². The Morgan fingerprint density at radius 1 is 0.926 bits per heavy atom. The largest absolute Gasteiger partial charge is 0.168 e. The number of halogens is 2. The maximum atomic E-state index is 3.12. The van der Waals surface area contributed by atoms with Crippen LogP contribution in [0.4, 0.5) is 0 Å². The number of rotatable bonds is 1. The van der Waals surface area contributed by atoms with Gasteiger partial charge in [-0.3, -0.25) is 6.08 Å². The predicted octanol–water partition coefficient (Wildman–Crippen LogP) is 7.32. The number of benzene rings is 2. The quantitative estimate of drug-likeness (QED) is 0.322. The Kier molecular flexibility index (Phi) is 16.5. The van der Waals surface area contributed by atoms with Gasteiger partial charge in [0.2, 0.25) is 0 Å². The van der Waals surface area contributed by atoms with Crippen LogP contribution in [0.25, 0.3) is 10.8 Å². The van der Waals surface area contributed by atoms with E-state index >= 15 is 0 Å². The average molecular weight is 478 g/mol. The zero-order valence-corrected chi connectivity index (χ0v) is 20.2. The first-order valence-electron chi connectivity index (χ1n) is 8.09. The first-order valence-corrected chi connectivity index (χ1v) is 9.51. The van der Waals surface area contributed by atoms with Gasteiger partial charge in [-0.05, 0) is 0 Å². The molecule has 3 heteroatoms. The summed E-state index contributed by atoms with van der Waals surface area (Å²) < 4.78 is 2.17. The van der Waals surface area contributed by atoms with Gasteiger partial charge in [-0.1, -0.05) is 13.0 Å². The third kappa shape index (κ3) is 10.1. The molecule has 0 saturated heterocycles. The number of hydrogen-bond donors (Lipinski definition) is 0. The zero-order valence-electron chi connectivity index (χ0n) is 16.1. The zero-order chi connectivity index (χ0) is 17.2. The monoisotopic (exact) mass is 475 g/mol. The second-order valence-electron chi connectivity index (χ2n) is 5.70. The van der Waals surface area contributed by atoms with Gasteiger partial charge >= 0.3 is 63.8 Å². The minimum Gasteiger partial charge on any atom is -0.168 e. The number of fused-ring (bicyclic) bond motifs is 1. The first-order chi connectivity index (χ1) is 11.7. The topological polar surface area (TPSA) is 0 Å². The van der Waals surface area contributed by atoms with Crippen LogP contribution >= 0.6 is 24.8 Å². The summed E-state index contributed by atoms with van der Waals surface area (Å²) in [6, 6.07) is 25.0. The van der Waals surface area contributed by atoms with E-state index in [1.165, 1.54) is 51.7 Å². The molecule has 0 heterocycles. The third-order valence-electron chi connectivity index (χ3n) is 3.87. The van der Waals surface area contributed by atoms with Gasteiger partial charge in [-0.25, -0.2) is 11.6 Å². The fourth-order valence-electron chi connectivity index (χ4n) is 2.24. The van der Waals surface area contributed by atoms with Crippen molar-refractivity contribution in [2.75, 3.05) is 0 Å². The van der Waals surface area contributed by atoms with E-state index in [9.17, 15) is 0 Å². The van der Waals surface area contributed by atoms with Crippen LogP contribution < -0.4 is 0 Å². The van der Waals surface area contributed by atoms with Crippen molar-refractivity contribution in [3.63, 3.8) is 0 Å². The van der Waals surface area contributed by atoms with Crippen molar-refractivity contribution in [1.82, 2.24) is 0 Å². The maximum absolute atomic E-state index is 3.12. The van der Waals surface area contributed by atoms with E-state index in [0.717, 1.165) is 6.42 Å². The molecule has 27 heavy (non-hydrogen) atoms. The molecule has 3 aromatic rings. The van der Waals surface area contributed by atoms with Crippen molar-refractivity contribution in [2.45, 2.75) is 20.3 Å². The van der Waals surface area contributed by atoms with Gasteiger partial charge in [-0.15, -0.1) is 67.8 Å². The molecule has 0 aliphatic heterocycles. The van der Waals surface area contributed by atoms with Gasteiger partial charge in [0.1, 0.15) is 0 Å². The van der Waals surface area contributed by atoms with Gasteiger partial charge in [0, 0.05) is 0 Å².